The number of amides is 3. The van der Waals surface area contributed by atoms with E-state index in [0.717, 1.165) is 11.1 Å². The van der Waals surface area contributed by atoms with Crippen molar-refractivity contribution in [3.8, 4) is 0 Å². The quantitative estimate of drug-likeness (QED) is 0.140. The largest absolute Gasteiger partial charge is 0.480 e. The highest BCUT2D eigenvalue weighted by Gasteiger charge is 2.31. The van der Waals surface area contributed by atoms with Crippen molar-refractivity contribution in [3.05, 3.63) is 90.0 Å². The van der Waals surface area contributed by atoms with E-state index < -0.39 is 47.9 Å². The molecule has 3 rings (SSSR count). The van der Waals surface area contributed by atoms with Gasteiger partial charge in [0.15, 0.2) is 0 Å². The van der Waals surface area contributed by atoms with E-state index in [9.17, 15) is 24.3 Å². The minimum absolute atomic E-state index is 0.0113. The molecule has 0 aliphatic rings. The van der Waals surface area contributed by atoms with Gasteiger partial charge in [0, 0.05) is 36.9 Å². The van der Waals surface area contributed by atoms with Gasteiger partial charge in [-0.25, -0.2) is 9.78 Å². The Morgan fingerprint density at radius 3 is 1.77 bits per heavy atom. The van der Waals surface area contributed by atoms with Crippen LogP contribution in [0.25, 0.3) is 0 Å². The van der Waals surface area contributed by atoms with Crippen molar-refractivity contribution in [1.82, 2.24) is 25.9 Å². The lowest BCUT2D eigenvalue weighted by atomic mass is 10.0. The first-order valence-corrected chi connectivity index (χ1v) is 13.0. The molecule has 12 heteroatoms. The smallest absolute Gasteiger partial charge is 0.326 e. The topological polar surface area (TPSA) is 179 Å². The Kier molecular flexibility index (Phi) is 11.1. The van der Waals surface area contributed by atoms with Crippen LogP contribution in [0.15, 0.2) is 73.2 Å². The van der Waals surface area contributed by atoms with Crippen LogP contribution in [0.5, 0.6) is 0 Å². The summed E-state index contributed by atoms with van der Waals surface area (Å²) in [5, 5.41) is 17.6. The molecule has 0 bridgehead atoms. The maximum atomic E-state index is 13.4. The number of thiol groups is 1. The van der Waals surface area contributed by atoms with Crippen molar-refractivity contribution in [2.45, 2.75) is 43.4 Å². The second-order valence-electron chi connectivity index (χ2n) is 8.97. The molecule has 4 atom stereocenters. The zero-order valence-electron chi connectivity index (χ0n) is 21.1. The third kappa shape index (κ3) is 9.27. The van der Waals surface area contributed by atoms with E-state index in [4.69, 9.17) is 5.73 Å². The zero-order chi connectivity index (χ0) is 28.2. The van der Waals surface area contributed by atoms with Crippen LogP contribution in [-0.4, -0.2) is 68.7 Å². The lowest BCUT2D eigenvalue weighted by molar-refractivity contribution is -0.142. The van der Waals surface area contributed by atoms with Gasteiger partial charge in [0.05, 0.1) is 12.4 Å². The highest BCUT2D eigenvalue weighted by Crippen LogP contribution is 2.08. The van der Waals surface area contributed by atoms with Crippen molar-refractivity contribution < 1.29 is 24.3 Å². The number of H-pyrrole nitrogens is 1. The highest BCUT2D eigenvalue weighted by molar-refractivity contribution is 7.80. The van der Waals surface area contributed by atoms with Crippen LogP contribution < -0.4 is 21.7 Å². The monoisotopic (exact) mass is 552 g/mol. The molecule has 1 heterocycles. The highest BCUT2D eigenvalue weighted by atomic mass is 32.1. The zero-order valence-corrected chi connectivity index (χ0v) is 22.0. The average Bonchev–Trinajstić information content (AvgIpc) is 3.45. The number of aromatic amines is 1. The Hall–Kier alpha value is -4.16. The maximum absolute atomic E-state index is 13.4. The number of benzene rings is 2. The van der Waals surface area contributed by atoms with E-state index in [1.54, 1.807) is 48.5 Å². The summed E-state index contributed by atoms with van der Waals surface area (Å²) in [5.41, 5.74) is 7.85. The van der Waals surface area contributed by atoms with Gasteiger partial charge in [-0.15, -0.1) is 0 Å². The minimum Gasteiger partial charge on any atom is -0.480 e. The number of nitrogens with two attached hydrogens (primary N) is 1. The number of carboxylic acid groups (broad SMARTS) is 1. The third-order valence-electron chi connectivity index (χ3n) is 5.96. The van der Waals surface area contributed by atoms with Crippen molar-refractivity contribution in [3.63, 3.8) is 0 Å². The molecule has 0 aliphatic heterocycles. The standard InChI is InChI=1S/C27H32N6O5S/c28-20(15-39)24(34)31-21(11-17-7-3-1-4-8-17)25(35)32-22(13-19-14-29-16-30-19)26(36)33-23(27(37)38)12-18-9-5-2-6-10-18/h1-10,14,16,20-23,39H,11-13,15,28H2,(H,29,30)(H,31,34)(H,32,35)(H,33,36)(H,37,38). The van der Waals surface area contributed by atoms with Gasteiger partial charge in [-0.1, -0.05) is 60.7 Å². The lowest BCUT2D eigenvalue weighted by Gasteiger charge is -2.25. The van der Waals surface area contributed by atoms with Crippen molar-refractivity contribution in [2.24, 2.45) is 5.73 Å². The molecule has 3 aromatic rings. The van der Waals surface area contributed by atoms with Gasteiger partial charge in [0.2, 0.25) is 17.7 Å². The first-order chi connectivity index (χ1) is 18.8. The van der Waals surface area contributed by atoms with Crippen LogP contribution in [0.3, 0.4) is 0 Å². The summed E-state index contributed by atoms with van der Waals surface area (Å²) in [7, 11) is 0. The molecular formula is C27H32N6O5S. The first-order valence-electron chi connectivity index (χ1n) is 12.3. The van der Waals surface area contributed by atoms with E-state index in [1.165, 1.54) is 12.5 Å². The van der Waals surface area contributed by atoms with Crippen LogP contribution in [0.4, 0.5) is 0 Å². The molecule has 11 nitrogen and oxygen atoms in total. The SMILES string of the molecule is NC(CS)C(=O)NC(Cc1ccccc1)C(=O)NC(Cc1cnc[nH]1)C(=O)NC(Cc1ccccc1)C(=O)O. The summed E-state index contributed by atoms with van der Waals surface area (Å²) < 4.78 is 0. The number of aromatic nitrogens is 2. The number of rotatable bonds is 14. The summed E-state index contributed by atoms with van der Waals surface area (Å²) in [6.45, 7) is 0. The molecular weight excluding hydrogens is 520 g/mol. The predicted octanol–water partition coefficient (Wildman–Crippen LogP) is 0.234. The second-order valence-corrected chi connectivity index (χ2v) is 9.34. The number of carboxylic acids is 1. The van der Waals surface area contributed by atoms with E-state index >= 15 is 0 Å². The van der Waals surface area contributed by atoms with Gasteiger partial charge in [-0.2, -0.15) is 12.6 Å². The fraction of sp³-hybridized carbons (Fsp3) is 0.296. The van der Waals surface area contributed by atoms with E-state index in [2.05, 4.69) is 38.5 Å². The van der Waals surface area contributed by atoms with Crippen LogP contribution in [-0.2, 0) is 38.4 Å². The van der Waals surface area contributed by atoms with Gasteiger partial charge in [0.25, 0.3) is 0 Å². The molecule has 1 aromatic heterocycles. The summed E-state index contributed by atoms with van der Waals surface area (Å²) in [4.78, 5) is 58.1. The summed E-state index contributed by atoms with van der Waals surface area (Å²) in [6.07, 6.45) is 3.14. The Balaban J connectivity index is 1.80. The molecule has 0 radical (unpaired) electrons. The molecule has 206 valence electrons. The van der Waals surface area contributed by atoms with Crippen LogP contribution in [0.2, 0.25) is 0 Å². The fourth-order valence-corrected chi connectivity index (χ4v) is 4.01. The van der Waals surface area contributed by atoms with Crippen LogP contribution in [0, 0.1) is 0 Å². The van der Waals surface area contributed by atoms with E-state index in [1.807, 2.05) is 12.1 Å². The van der Waals surface area contributed by atoms with Gasteiger partial charge in [-0.05, 0) is 11.1 Å². The Labute approximate surface area is 231 Å². The molecule has 3 amide bonds. The Bertz CT molecular complexity index is 1230. The van der Waals surface area contributed by atoms with Crippen LogP contribution >= 0.6 is 12.6 Å². The molecule has 4 unspecified atom stereocenters. The summed E-state index contributed by atoms with van der Waals surface area (Å²) >= 11 is 4.05. The molecule has 7 N–H and O–H groups in total. The van der Waals surface area contributed by atoms with Crippen molar-refractivity contribution in [1.29, 1.82) is 0 Å². The molecule has 0 fully saturated rings. The van der Waals surface area contributed by atoms with Crippen molar-refractivity contribution >= 4 is 36.3 Å². The molecule has 0 saturated heterocycles. The summed E-state index contributed by atoms with van der Waals surface area (Å²) in [6, 6.07) is 13.6. The number of imidazole rings is 1. The summed E-state index contributed by atoms with van der Waals surface area (Å²) in [5.74, 6) is -3.03. The van der Waals surface area contributed by atoms with Gasteiger partial charge >= 0.3 is 5.97 Å². The lowest BCUT2D eigenvalue weighted by Crippen LogP contribution is -2.58. The van der Waals surface area contributed by atoms with Gasteiger partial charge < -0.3 is 31.8 Å². The average molecular weight is 553 g/mol. The van der Waals surface area contributed by atoms with Gasteiger partial charge in [-0.3, -0.25) is 14.4 Å². The third-order valence-corrected chi connectivity index (χ3v) is 6.35. The van der Waals surface area contributed by atoms with E-state index in [0.29, 0.717) is 5.69 Å². The van der Waals surface area contributed by atoms with Crippen molar-refractivity contribution in [2.75, 3.05) is 5.75 Å². The van der Waals surface area contributed by atoms with Crippen LogP contribution in [0.1, 0.15) is 16.8 Å². The molecule has 2 aromatic carbocycles. The first kappa shape index (κ1) is 29.4. The molecule has 0 spiro atoms. The minimum atomic E-state index is -1.23. The van der Waals surface area contributed by atoms with Gasteiger partial charge in [0.1, 0.15) is 18.1 Å². The number of carbonyl (C=O) groups excluding carboxylic acids is 3. The second kappa shape index (κ2) is 14.7. The molecule has 0 aliphatic carbocycles. The number of nitrogens with one attached hydrogen (secondary N) is 4. The number of hydrogen-bond acceptors (Lipinski definition) is 7. The maximum Gasteiger partial charge on any atom is 0.326 e. The Morgan fingerprint density at radius 1 is 0.795 bits per heavy atom. The number of hydrogen-bond donors (Lipinski definition) is 7. The fourth-order valence-electron chi connectivity index (χ4n) is 3.84. The van der Waals surface area contributed by atoms with E-state index in [-0.39, 0.29) is 25.0 Å². The normalized spacial score (nSPS) is 13.9. The molecule has 0 saturated carbocycles. The number of aliphatic carboxylic acids is 1. The number of nitrogens with zero attached hydrogens (tertiary/aromatic N) is 1. The Morgan fingerprint density at radius 2 is 1.28 bits per heavy atom. The number of carbonyl (C=O) groups is 4. The predicted molar refractivity (Wildman–Crippen MR) is 148 cm³/mol. The molecule has 39 heavy (non-hydrogen) atoms.